The number of piperidine rings is 1. The van der Waals surface area contributed by atoms with Gasteiger partial charge in [-0.25, -0.2) is 0 Å². The molecule has 1 N–H and O–H groups in total. The largest absolute Gasteiger partial charge is 0.366 e. The van der Waals surface area contributed by atoms with Crippen LogP contribution in [0.15, 0.2) is 18.2 Å². The van der Waals surface area contributed by atoms with E-state index in [1.165, 1.54) is 6.07 Å². The third-order valence-electron chi connectivity index (χ3n) is 3.81. The van der Waals surface area contributed by atoms with E-state index in [1.54, 1.807) is 12.1 Å². The van der Waals surface area contributed by atoms with Crippen molar-refractivity contribution < 1.29 is 4.92 Å². The van der Waals surface area contributed by atoms with Gasteiger partial charge in [0.05, 0.1) is 4.92 Å². The van der Waals surface area contributed by atoms with Crippen LogP contribution in [-0.2, 0) is 0 Å². The summed E-state index contributed by atoms with van der Waals surface area (Å²) in [6, 6.07) is 5.39. The Morgan fingerprint density at radius 2 is 2.29 bits per heavy atom. The first-order valence-corrected chi connectivity index (χ1v) is 7.77. The van der Waals surface area contributed by atoms with Crippen LogP contribution in [0.3, 0.4) is 0 Å². The third-order valence-corrected chi connectivity index (χ3v) is 4.04. The molecule has 0 spiro atoms. The van der Waals surface area contributed by atoms with Gasteiger partial charge in [0.2, 0.25) is 0 Å². The molecule has 0 aliphatic carbocycles. The summed E-state index contributed by atoms with van der Waals surface area (Å²) in [6.45, 7) is 6.92. The predicted octanol–water partition coefficient (Wildman–Crippen LogP) is 3.46. The van der Waals surface area contributed by atoms with E-state index >= 15 is 0 Å². The zero-order valence-corrected chi connectivity index (χ0v) is 13.3. The Balaban J connectivity index is 2.12. The number of anilines is 1. The molecule has 1 heterocycles. The van der Waals surface area contributed by atoms with Gasteiger partial charge in [-0.05, 0) is 37.4 Å². The fraction of sp³-hybridized carbons (Fsp3) is 0.600. The third kappa shape index (κ3) is 4.32. The molecule has 0 amide bonds. The zero-order valence-electron chi connectivity index (χ0n) is 12.5. The van der Waals surface area contributed by atoms with Gasteiger partial charge in [0.1, 0.15) is 5.69 Å². The molecule has 1 atom stereocenters. The number of benzene rings is 1. The standard InChI is InChI=1S/C15H22ClN3O2/c1-11(2)17-9-12-4-3-7-18(10-12)14-6-5-13(16)8-15(14)19(20)21/h5-6,8,11-12,17H,3-4,7,9-10H2,1-2H3. The molecule has 1 saturated heterocycles. The van der Waals surface area contributed by atoms with Crippen LogP contribution in [0.1, 0.15) is 26.7 Å². The molecule has 0 bridgehead atoms. The Morgan fingerprint density at radius 3 is 2.95 bits per heavy atom. The lowest BCUT2D eigenvalue weighted by Crippen LogP contribution is -2.41. The van der Waals surface area contributed by atoms with Crippen molar-refractivity contribution in [3.63, 3.8) is 0 Å². The van der Waals surface area contributed by atoms with Crippen LogP contribution in [0.5, 0.6) is 0 Å². The summed E-state index contributed by atoms with van der Waals surface area (Å²) >= 11 is 5.88. The molecule has 1 aromatic rings. The van der Waals surface area contributed by atoms with Crippen molar-refractivity contribution in [1.82, 2.24) is 5.32 Å². The van der Waals surface area contributed by atoms with Crippen LogP contribution in [0.25, 0.3) is 0 Å². The first kappa shape index (κ1) is 16.0. The van der Waals surface area contributed by atoms with Gasteiger partial charge >= 0.3 is 0 Å². The van der Waals surface area contributed by atoms with E-state index in [2.05, 4.69) is 24.1 Å². The van der Waals surface area contributed by atoms with Crippen molar-refractivity contribution in [2.75, 3.05) is 24.5 Å². The fourth-order valence-electron chi connectivity index (χ4n) is 2.76. The Kier molecular flexibility index (Phi) is 5.42. The van der Waals surface area contributed by atoms with Gasteiger partial charge in [-0.15, -0.1) is 0 Å². The molecule has 1 fully saturated rings. The number of halogens is 1. The normalized spacial score (nSPS) is 19.0. The molecule has 1 unspecified atom stereocenters. The maximum Gasteiger partial charge on any atom is 0.294 e. The second-order valence-corrected chi connectivity index (χ2v) is 6.34. The van der Waals surface area contributed by atoms with Gasteiger partial charge < -0.3 is 10.2 Å². The van der Waals surface area contributed by atoms with Crippen molar-refractivity contribution in [2.24, 2.45) is 5.92 Å². The summed E-state index contributed by atoms with van der Waals surface area (Å²) in [5.41, 5.74) is 0.776. The Hall–Kier alpha value is -1.33. The Morgan fingerprint density at radius 1 is 1.52 bits per heavy atom. The maximum atomic E-state index is 11.2. The highest BCUT2D eigenvalue weighted by Gasteiger charge is 2.25. The smallest absolute Gasteiger partial charge is 0.294 e. The molecule has 0 saturated carbocycles. The quantitative estimate of drug-likeness (QED) is 0.668. The van der Waals surface area contributed by atoms with Crippen LogP contribution in [0.4, 0.5) is 11.4 Å². The Labute approximate surface area is 130 Å². The van der Waals surface area contributed by atoms with Gasteiger partial charge in [-0.1, -0.05) is 25.4 Å². The number of nitro groups is 1. The number of nitrogens with one attached hydrogen (secondary N) is 1. The minimum atomic E-state index is -0.350. The highest BCUT2D eigenvalue weighted by Crippen LogP contribution is 2.33. The van der Waals surface area contributed by atoms with Gasteiger partial charge in [-0.3, -0.25) is 10.1 Å². The van der Waals surface area contributed by atoms with Gasteiger partial charge in [-0.2, -0.15) is 0 Å². The monoisotopic (exact) mass is 311 g/mol. The fourth-order valence-corrected chi connectivity index (χ4v) is 2.93. The first-order valence-electron chi connectivity index (χ1n) is 7.39. The minimum Gasteiger partial charge on any atom is -0.366 e. The van der Waals surface area contributed by atoms with Crippen LogP contribution in [0.2, 0.25) is 5.02 Å². The van der Waals surface area contributed by atoms with Gasteiger partial charge in [0.15, 0.2) is 0 Å². The zero-order chi connectivity index (χ0) is 15.4. The van der Waals surface area contributed by atoms with E-state index in [-0.39, 0.29) is 10.6 Å². The van der Waals surface area contributed by atoms with Crippen molar-refractivity contribution >= 4 is 23.0 Å². The lowest BCUT2D eigenvalue weighted by molar-refractivity contribution is -0.384. The van der Waals surface area contributed by atoms with E-state index < -0.39 is 0 Å². The summed E-state index contributed by atoms with van der Waals surface area (Å²) in [7, 11) is 0. The van der Waals surface area contributed by atoms with E-state index in [4.69, 9.17) is 11.6 Å². The highest BCUT2D eigenvalue weighted by atomic mass is 35.5. The van der Waals surface area contributed by atoms with Crippen molar-refractivity contribution in [3.8, 4) is 0 Å². The SMILES string of the molecule is CC(C)NCC1CCCN(c2ccc(Cl)cc2[N+](=O)[O-])C1. The molecule has 1 aliphatic rings. The average molecular weight is 312 g/mol. The molecular weight excluding hydrogens is 290 g/mol. The van der Waals surface area contributed by atoms with E-state index in [0.29, 0.717) is 22.7 Å². The molecule has 0 aromatic heterocycles. The highest BCUT2D eigenvalue weighted by molar-refractivity contribution is 6.30. The van der Waals surface area contributed by atoms with Crippen LogP contribution < -0.4 is 10.2 Å². The molecular formula is C15H22ClN3O2. The second kappa shape index (κ2) is 7.09. The molecule has 1 aromatic carbocycles. The van der Waals surface area contributed by atoms with E-state index in [0.717, 1.165) is 32.5 Å². The van der Waals surface area contributed by atoms with Crippen LogP contribution in [0, 0.1) is 16.0 Å². The van der Waals surface area contributed by atoms with Gasteiger partial charge in [0.25, 0.3) is 5.69 Å². The molecule has 5 nitrogen and oxygen atoms in total. The number of hydrogen-bond donors (Lipinski definition) is 1. The summed E-state index contributed by atoms with van der Waals surface area (Å²) in [6.07, 6.45) is 2.22. The van der Waals surface area contributed by atoms with Gasteiger partial charge in [0, 0.05) is 30.2 Å². The predicted molar refractivity (Wildman–Crippen MR) is 86.2 cm³/mol. The van der Waals surface area contributed by atoms with Crippen LogP contribution >= 0.6 is 11.6 Å². The lowest BCUT2D eigenvalue weighted by atomic mass is 9.97. The molecule has 1 aliphatic heterocycles. The Bertz CT molecular complexity index is 508. The maximum absolute atomic E-state index is 11.2. The topological polar surface area (TPSA) is 58.4 Å². The number of hydrogen-bond acceptors (Lipinski definition) is 4. The average Bonchev–Trinajstić information content (AvgIpc) is 2.45. The van der Waals surface area contributed by atoms with E-state index in [9.17, 15) is 10.1 Å². The number of nitro benzene ring substituents is 1. The summed E-state index contributed by atoms with van der Waals surface area (Å²) in [5.74, 6) is 0.524. The van der Waals surface area contributed by atoms with Crippen molar-refractivity contribution in [2.45, 2.75) is 32.7 Å². The first-order chi connectivity index (χ1) is 9.97. The molecule has 0 radical (unpaired) electrons. The summed E-state index contributed by atoms with van der Waals surface area (Å²) < 4.78 is 0. The lowest BCUT2D eigenvalue weighted by Gasteiger charge is -2.34. The summed E-state index contributed by atoms with van der Waals surface area (Å²) in [5, 5.41) is 15.1. The van der Waals surface area contributed by atoms with Crippen molar-refractivity contribution in [1.29, 1.82) is 0 Å². The minimum absolute atomic E-state index is 0.0972. The van der Waals surface area contributed by atoms with E-state index in [1.807, 2.05) is 0 Å². The summed E-state index contributed by atoms with van der Waals surface area (Å²) in [4.78, 5) is 13.0. The molecule has 2 rings (SSSR count). The molecule has 21 heavy (non-hydrogen) atoms. The van der Waals surface area contributed by atoms with Crippen LogP contribution in [-0.4, -0.2) is 30.6 Å². The van der Waals surface area contributed by atoms with Crippen molar-refractivity contribution in [3.05, 3.63) is 33.3 Å². The number of rotatable bonds is 5. The molecule has 6 heteroatoms. The second-order valence-electron chi connectivity index (χ2n) is 5.91. The number of nitrogens with zero attached hydrogens (tertiary/aromatic N) is 2. The molecule has 116 valence electrons.